The number of nitro groups is 1. The number of carbonyl (C=O) groups excluding carboxylic acids is 1. The Morgan fingerprint density at radius 2 is 2.20 bits per heavy atom. The molecule has 0 fully saturated rings. The zero-order valence-electron chi connectivity index (χ0n) is 7.72. The number of aromatic hydroxyl groups is 1. The highest BCUT2D eigenvalue weighted by molar-refractivity contribution is 6.01. The van der Waals surface area contributed by atoms with Crippen LogP contribution < -0.4 is 0 Å². The second kappa shape index (κ2) is 3.75. The monoisotopic (exact) mass is 206 g/mol. The maximum atomic E-state index is 11.1. The molecule has 6 nitrogen and oxygen atoms in total. The van der Waals surface area contributed by atoms with E-state index in [0.29, 0.717) is 0 Å². The van der Waals surface area contributed by atoms with Crippen molar-refractivity contribution in [3.05, 3.63) is 33.4 Å². The molecule has 0 aliphatic heterocycles. The molecule has 0 bridgehead atoms. The van der Waals surface area contributed by atoms with E-state index in [1.807, 2.05) is 0 Å². The minimum Gasteiger partial charge on any atom is -0.507 e. The molecule has 1 aromatic carbocycles. The molecular weight excluding hydrogens is 200 g/mol. The third kappa shape index (κ3) is 1.76. The molecule has 76 valence electrons. The van der Waals surface area contributed by atoms with Crippen LogP contribution in [0.4, 0.5) is 5.69 Å². The molecule has 1 rings (SSSR count). The zero-order valence-corrected chi connectivity index (χ0v) is 7.72. The average molecular weight is 206 g/mol. The minimum absolute atomic E-state index is 0.247. The number of ketones is 1. The summed E-state index contributed by atoms with van der Waals surface area (Å²) >= 11 is 0. The number of carbonyl (C=O) groups is 1. The quantitative estimate of drug-likeness (QED) is 0.447. The van der Waals surface area contributed by atoms with E-state index in [2.05, 4.69) is 0 Å². The molecule has 0 saturated carbocycles. The van der Waals surface area contributed by atoms with Gasteiger partial charge in [0.25, 0.3) is 0 Å². The molecule has 0 saturated heterocycles. The topological polar surface area (TPSA) is 104 Å². The highest BCUT2D eigenvalue weighted by atomic mass is 16.6. The Balaban J connectivity index is 3.68. The van der Waals surface area contributed by atoms with Gasteiger partial charge in [0.1, 0.15) is 22.9 Å². The summed E-state index contributed by atoms with van der Waals surface area (Å²) in [4.78, 5) is 20.9. The maximum absolute atomic E-state index is 11.1. The number of rotatable bonds is 2. The molecule has 0 atom stereocenters. The summed E-state index contributed by atoms with van der Waals surface area (Å²) in [5.41, 5.74) is -1.33. The number of Topliss-reactive ketones (excluding diaryl/α,β-unsaturated/α-hetero) is 1. The van der Waals surface area contributed by atoms with E-state index in [9.17, 15) is 20.0 Å². The van der Waals surface area contributed by atoms with Gasteiger partial charge in [0, 0.05) is 0 Å². The van der Waals surface area contributed by atoms with Crippen molar-refractivity contribution in [1.82, 2.24) is 0 Å². The molecule has 15 heavy (non-hydrogen) atoms. The largest absolute Gasteiger partial charge is 0.507 e. The predicted octanol–water partition coefficient (Wildman–Crippen LogP) is 1.37. The third-order valence-electron chi connectivity index (χ3n) is 1.81. The number of phenolic OH excluding ortho intramolecular Hbond substituents is 1. The standard InChI is InChI=1S/C9H6N2O4/c1-5(12)8-7(13)3-2-6(4-10)9(8)11(14)15/h2-3,13H,1H3. The minimum atomic E-state index is -0.852. The van der Waals surface area contributed by atoms with E-state index >= 15 is 0 Å². The average Bonchev–Trinajstić information content (AvgIpc) is 2.16. The smallest absolute Gasteiger partial charge is 0.301 e. The number of nitrogens with zero attached hydrogens (tertiary/aromatic N) is 2. The first-order valence-electron chi connectivity index (χ1n) is 3.90. The van der Waals surface area contributed by atoms with Gasteiger partial charge in [0.15, 0.2) is 5.78 Å². The highest BCUT2D eigenvalue weighted by Gasteiger charge is 2.26. The van der Waals surface area contributed by atoms with Crippen molar-refractivity contribution in [1.29, 1.82) is 5.26 Å². The number of hydrogen-bond donors (Lipinski definition) is 1. The van der Waals surface area contributed by atoms with Crippen molar-refractivity contribution in [2.45, 2.75) is 6.92 Å². The van der Waals surface area contributed by atoms with Crippen LogP contribution in [0.25, 0.3) is 0 Å². The fourth-order valence-electron chi connectivity index (χ4n) is 1.21. The summed E-state index contributed by atoms with van der Waals surface area (Å²) in [6.45, 7) is 1.09. The molecule has 0 radical (unpaired) electrons. The van der Waals surface area contributed by atoms with E-state index < -0.39 is 27.7 Å². The second-order valence-electron chi connectivity index (χ2n) is 2.78. The van der Waals surface area contributed by atoms with Gasteiger partial charge in [-0.05, 0) is 19.1 Å². The summed E-state index contributed by atoms with van der Waals surface area (Å²) < 4.78 is 0. The van der Waals surface area contributed by atoms with Crippen molar-refractivity contribution in [3.8, 4) is 11.8 Å². The lowest BCUT2D eigenvalue weighted by atomic mass is 10.0. The molecule has 1 aromatic rings. The number of nitro benzene ring substituents is 1. The Morgan fingerprint density at radius 1 is 1.60 bits per heavy atom. The van der Waals surface area contributed by atoms with Crippen LogP contribution in [0.1, 0.15) is 22.8 Å². The van der Waals surface area contributed by atoms with Gasteiger partial charge in [-0.15, -0.1) is 0 Å². The molecule has 1 N–H and O–H groups in total. The van der Waals surface area contributed by atoms with E-state index in [1.54, 1.807) is 6.07 Å². The summed E-state index contributed by atoms with van der Waals surface area (Å²) in [6, 6.07) is 3.78. The van der Waals surface area contributed by atoms with E-state index in [1.165, 1.54) is 0 Å². The fraction of sp³-hybridized carbons (Fsp3) is 0.111. The number of phenols is 1. The Hall–Kier alpha value is -2.42. The van der Waals surface area contributed by atoms with E-state index in [-0.39, 0.29) is 5.56 Å². The summed E-state index contributed by atoms with van der Waals surface area (Å²) in [7, 11) is 0. The SMILES string of the molecule is CC(=O)c1c(O)ccc(C#N)c1[N+](=O)[O-]. The van der Waals surface area contributed by atoms with Gasteiger partial charge in [0.05, 0.1) is 4.92 Å². The van der Waals surface area contributed by atoms with Gasteiger partial charge in [-0.25, -0.2) is 0 Å². The number of benzene rings is 1. The Bertz CT molecular complexity index is 488. The third-order valence-corrected chi connectivity index (χ3v) is 1.81. The lowest BCUT2D eigenvalue weighted by molar-refractivity contribution is -0.385. The Kier molecular flexibility index (Phi) is 2.67. The van der Waals surface area contributed by atoms with Crippen LogP contribution in [0.2, 0.25) is 0 Å². The zero-order chi connectivity index (χ0) is 11.6. The van der Waals surface area contributed by atoms with Gasteiger partial charge in [-0.1, -0.05) is 0 Å². The van der Waals surface area contributed by atoms with Crippen LogP contribution >= 0.6 is 0 Å². The molecule has 0 spiro atoms. The van der Waals surface area contributed by atoms with Crippen LogP contribution in [0.15, 0.2) is 12.1 Å². The first kappa shape index (κ1) is 10.7. The molecule has 6 heteroatoms. The van der Waals surface area contributed by atoms with E-state index in [4.69, 9.17) is 5.26 Å². The van der Waals surface area contributed by atoms with Gasteiger partial charge in [-0.2, -0.15) is 5.26 Å². The molecular formula is C9H6N2O4. The van der Waals surface area contributed by atoms with Gasteiger partial charge in [0.2, 0.25) is 0 Å². The maximum Gasteiger partial charge on any atom is 0.301 e. The summed E-state index contributed by atoms with van der Waals surface area (Å²) in [5, 5.41) is 28.6. The van der Waals surface area contributed by atoms with Crippen molar-refractivity contribution >= 4 is 11.5 Å². The number of hydrogen-bond acceptors (Lipinski definition) is 5. The van der Waals surface area contributed by atoms with Crippen molar-refractivity contribution < 1.29 is 14.8 Å². The lowest BCUT2D eigenvalue weighted by Crippen LogP contribution is -2.03. The summed E-state index contributed by atoms with van der Waals surface area (Å²) in [6.07, 6.45) is 0. The first-order valence-corrected chi connectivity index (χ1v) is 3.90. The normalized spacial score (nSPS) is 9.33. The molecule has 0 aliphatic carbocycles. The van der Waals surface area contributed by atoms with Crippen LogP contribution in [0.5, 0.6) is 5.75 Å². The molecule has 0 unspecified atom stereocenters. The van der Waals surface area contributed by atoms with Gasteiger partial charge in [-0.3, -0.25) is 14.9 Å². The van der Waals surface area contributed by atoms with Crippen molar-refractivity contribution in [2.75, 3.05) is 0 Å². The summed E-state index contributed by atoms with van der Waals surface area (Å²) in [5.74, 6) is -1.15. The Morgan fingerprint density at radius 3 is 2.60 bits per heavy atom. The highest BCUT2D eigenvalue weighted by Crippen LogP contribution is 2.31. The second-order valence-corrected chi connectivity index (χ2v) is 2.78. The van der Waals surface area contributed by atoms with Crippen molar-refractivity contribution in [3.63, 3.8) is 0 Å². The Labute approximate surface area is 84.5 Å². The van der Waals surface area contributed by atoms with Crippen LogP contribution in [-0.4, -0.2) is 15.8 Å². The van der Waals surface area contributed by atoms with Crippen LogP contribution in [0, 0.1) is 21.4 Å². The van der Waals surface area contributed by atoms with Crippen LogP contribution in [0.3, 0.4) is 0 Å². The molecule has 0 heterocycles. The van der Waals surface area contributed by atoms with Crippen LogP contribution in [-0.2, 0) is 0 Å². The molecule has 0 aliphatic rings. The van der Waals surface area contributed by atoms with Gasteiger partial charge >= 0.3 is 5.69 Å². The van der Waals surface area contributed by atoms with E-state index in [0.717, 1.165) is 19.1 Å². The van der Waals surface area contributed by atoms with Crippen molar-refractivity contribution in [2.24, 2.45) is 0 Å². The number of nitriles is 1. The van der Waals surface area contributed by atoms with Gasteiger partial charge < -0.3 is 5.11 Å². The lowest BCUT2D eigenvalue weighted by Gasteiger charge is -2.02. The molecule has 0 amide bonds. The molecule has 0 aromatic heterocycles. The predicted molar refractivity (Wildman–Crippen MR) is 49.5 cm³/mol. The fourth-order valence-corrected chi connectivity index (χ4v) is 1.21. The first-order chi connectivity index (χ1) is 6.99.